The summed E-state index contributed by atoms with van der Waals surface area (Å²) >= 11 is 17.9. The predicted octanol–water partition coefficient (Wildman–Crippen LogP) is 5.23. The van der Waals surface area contributed by atoms with Crippen molar-refractivity contribution < 1.29 is 9.59 Å². The molecule has 0 radical (unpaired) electrons. The number of hydrazine groups is 1. The summed E-state index contributed by atoms with van der Waals surface area (Å²) < 4.78 is 0. The molecule has 25 heavy (non-hydrogen) atoms. The highest BCUT2D eigenvalue weighted by Crippen LogP contribution is 2.24. The van der Waals surface area contributed by atoms with Crippen molar-refractivity contribution in [3.05, 3.63) is 68.7 Å². The largest absolute Gasteiger partial charge is 0.274 e. The fourth-order valence-electron chi connectivity index (χ4n) is 2.08. The van der Waals surface area contributed by atoms with E-state index in [-0.39, 0.29) is 10.6 Å². The fraction of sp³-hybridized carbons (Fsp3) is 0.222. The maximum Gasteiger partial charge on any atom is 0.274 e. The number of benzene rings is 2. The molecular weight excluding hydrogens is 383 g/mol. The van der Waals surface area contributed by atoms with Crippen molar-refractivity contribution in [2.24, 2.45) is 0 Å². The second-order valence-electron chi connectivity index (χ2n) is 6.36. The van der Waals surface area contributed by atoms with Crippen LogP contribution in [0.5, 0.6) is 0 Å². The normalized spacial score (nSPS) is 11.1. The second kappa shape index (κ2) is 7.65. The Hall–Kier alpha value is -1.75. The van der Waals surface area contributed by atoms with Crippen molar-refractivity contribution in [1.29, 1.82) is 0 Å². The van der Waals surface area contributed by atoms with Gasteiger partial charge in [0, 0.05) is 5.56 Å². The van der Waals surface area contributed by atoms with Gasteiger partial charge < -0.3 is 0 Å². The van der Waals surface area contributed by atoms with Crippen LogP contribution in [0.3, 0.4) is 0 Å². The average molecular weight is 400 g/mol. The number of halogens is 3. The Balaban J connectivity index is 2.32. The molecule has 0 saturated heterocycles. The molecule has 0 heterocycles. The molecule has 2 aromatic carbocycles. The van der Waals surface area contributed by atoms with Crippen LogP contribution in [0.1, 0.15) is 41.5 Å². The Morgan fingerprint density at radius 1 is 0.920 bits per heavy atom. The standard InChI is InChI=1S/C18H17Cl3N2O2/c1-18(2,3)23(17(25)12-6-4-5-7-13(12)19)22-16(24)11-8-9-14(20)15(21)10-11/h4-10H,1-3H3,(H,22,24). The lowest BCUT2D eigenvalue weighted by atomic mass is 10.1. The van der Waals surface area contributed by atoms with E-state index in [1.165, 1.54) is 23.2 Å². The molecule has 0 aromatic heterocycles. The highest BCUT2D eigenvalue weighted by atomic mass is 35.5. The summed E-state index contributed by atoms with van der Waals surface area (Å²) in [5.41, 5.74) is 2.54. The summed E-state index contributed by atoms with van der Waals surface area (Å²) in [4.78, 5) is 25.4. The Kier molecular flexibility index (Phi) is 5.99. The lowest BCUT2D eigenvalue weighted by Crippen LogP contribution is -2.55. The van der Waals surface area contributed by atoms with Gasteiger partial charge >= 0.3 is 0 Å². The highest BCUT2D eigenvalue weighted by Gasteiger charge is 2.30. The minimum Gasteiger partial charge on any atom is -0.267 e. The molecule has 4 nitrogen and oxygen atoms in total. The zero-order chi connectivity index (χ0) is 18.8. The van der Waals surface area contributed by atoms with Crippen molar-refractivity contribution in [2.75, 3.05) is 0 Å². The Bertz CT molecular complexity index is 816. The predicted molar refractivity (Wildman–Crippen MR) is 101 cm³/mol. The maximum absolute atomic E-state index is 12.9. The molecule has 0 aliphatic heterocycles. The number of hydrogen-bond donors (Lipinski definition) is 1. The lowest BCUT2D eigenvalue weighted by molar-refractivity contribution is 0.0359. The van der Waals surface area contributed by atoms with Gasteiger partial charge in [-0.3, -0.25) is 15.0 Å². The molecular formula is C18H17Cl3N2O2. The molecule has 0 unspecified atom stereocenters. The van der Waals surface area contributed by atoms with E-state index in [9.17, 15) is 9.59 Å². The van der Waals surface area contributed by atoms with Gasteiger partial charge in [0.05, 0.1) is 26.2 Å². The first kappa shape index (κ1) is 19.6. The molecule has 0 aliphatic carbocycles. The van der Waals surface area contributed by atoms with Crippen molar-refractivity contribution >= 4 is 46.6 Å². The number of nitrogens with one attached hydrogen (secondary N) is 1. The van der Waals surface area contributed by atoms with Gasteiger partial charge in [-0.2, -0.15) is 0 Å². The minimum atomic E-state index is -0.678. The molecule has 0 saturated carbocycles. The van der Waals surface area contributed by atoms with Gasteiger partial charge in [0.25, 0.3) is 11.8 Å². The van der Waals surface area contributed by atoms with Gasteiger partial charge in [-0.05, 0) is 51.1 Å². The number of carbonyl (C=O) groups is 2. The van der Waals surface area contributed by atoms with Crippen molar-refractivity contribution in [2.45, 2.75) is 26.3 Å². The quantitative estimate of drug-likeness (QED) is 0.703. The van der Waals surface area contributed by atoms with Crippen molar-refractivity contribution in [3.63, 3.8) is 0 Å². The van der Waals surface area contributed by atoms with Gasteiger partial charge in [0.15, 0.2) is 0 Å². The fourth-order valence-corrected chi connectivity index (χ4v) is 2.60. The number of carbonyl (C=O) groups excluding carboxylic acids is 2. The average Bonchev–Trinajstić information content (AvgIpc) is 2.53. The molecule has 0 fully saturated rings. The Morgan fingerprint density at radius 3 is 2.12 bits per heavy atom. The monoisotopic (exact) mass is 398 g/mol. The van der Waals surface area contributed by atoms with Gasteiger partial charge in [-0.15, -0.1) is 0 Å². The van der Waals surface area contributed by atoms with Crippen LogP contribution in [0.25, 0.3) is 0 Å². The molecule has 0 spiro atoms. The Labute approximate surface area is 161 Å². The molecule has 132 valence electrons. The lowest BCUT2D eigenvalue weighted by Gasteiger charge is -2.35. The molecule has 2 rings (SSSR count). The van der Waals surface area contributed by atoms with Gasteiger partial charge in [0.2, 0.25) is 0 Å². The van der Waals surface area contributed by atoms with Gasteiger partial charge in [-0.1, -0.05) is 46.9 Å². The van der Waals surface area contributed by atoms with E-state index < -0.39 is 17.4 Å². The number of amides is 2. The topological polar surface area (TPSA) is 49.4 Å². The van der Waals surface area contributed by atoms with Crippen LogP contribution in [0, 0.1) is 0 Å². The number of nitrogens with zero attached hydrogens (tertiary/aromatic N) is 1. The van der Waals surface area contributed by atoms with Crippen LogP contribution in [0.2, 0.25) is 15.1 Å². The SMILES string of the molecule is CC(C)(C)N(NC(=O)c1ccc(Cl)c(Cl)c1)C(=O)c1ccccc1Cl. The molecule has 2 amide bonds. The van der Waals surface area contributed by atoms with E-state index in [1.807, 2.05) is 0 Å². The molecule has 1 N–H and O–H groups in total. The molecule has 0 bridgehead atoms. The first-order chi connectivity index (χ1) is 11.6. The van der Waals surface area contributed by atoms with E-state index in [1.54, 1.807) is 45.0 Å². The first-order valence-electron chi connectivity index (χ1n) is 7.46. The third-order valence-electron chi connectivity index (χ3n) is 3.37. The van der Waals surface area contributed by atoms with Gasteiger partial charge in [-0.25, -0.2) is 5.01 Å². The molecule has 0 aliphatic rings. The van der Waals surface area contributed by atoms with Crippen LogP contribution in [0.4, 0.5) is 0 Å². The third kappa shape index (κ3) is 4.66. The van der Waals surface area contributed by atoms with E-state index in [2.05, 4.69) is 5.43 Å². The van der Waals surface area contributed by atoms with E-state index >= 15 is 0 Å². The number of rotatable bonds is 2. The summed E-state index contributed by atoms with van der Waals surface area (Å²) in [6, 6.07) is 11.2. The van der Waals surface area contributed by atoms with E-state index in [4.69, 9.17) is 34.8 Å². The smallest absolute Gasteiger partial charge is 0.267 e. The van der Waals surface area contributed by atoms with Crippen molar-refractivity contribution in [1.82, 2.24) is 10.4 Å². The first-order valence-corrected chi connectivity index (χ1v) is 8.60. The van der Waals surface area contributed by atoms with Crippen LogP contribution >= 0.6 is 34.8 Å². The van der Waals surface area contributed by atoms with E-state index in [0.29, 0.717) is 15.6 Å². The Morgan fingerprint density at radius 2 is 1.56 bits per heavy atom. The maximum atomic E-state index is 12.9. The summed E-state index contributed by atoms with van der Waals surface area (Å²) in [7, 11) is 0. The van der Waals surface area contributed by atoms with Crippen LogP contribution in [0.15, 0.2) is 42.5 Å². The van der Waals surface area contributed by atoms with Crippen molar-refractivity contribution in [3.8, 4) is 0 Å². The summed E-state index contributed by atoms with van der Waals surface area (Å²) in [6.07, 6.45) is 0. The summed E-state index contributed by atoms with van der Waals surface area (Å²) in [6.45, 7) is 5.41. The van der Waals surface area contributed by atoms with Crippen LogP contribution in [-0.2, 0) is 0 Å². The molecule has 7 heteroatoms. The second-order valence-corrected chi connectivity index (χ2v) is 7.58. The number of hydrogen-bond acceptors (Lipinski definition) is 2. The third-order valence-corrected chi connectivity index (χ3v) is 4.44. The minimum absolute atomic E-state index is 0.258. The zero-order valence-corrected chi connectivity index (χ0v) is 16.2. The summed E-state index contributed by atoms with van der Waals surface area (Å²) in [5.74, 6) is -0.889. The molecule has 0 atom stereocenters. The zero-order valence-electron chi connectivity index (χ0n) is 13.9. The highest BCUT2D eigenvalue weighted by molar-refractivity contribution is 6.42. The van der Waals surface area contributed by atoms with Gasteiger partial charge in [0.1, 0.15) is 0 Å². The van der Waals surface area contributed by atoms with Crippen LogP contribution < -0.4 is 5.43 Å². The van der Waals surface area contributed by atoms with Crippen LogP contribution in [-0.4, -0.2) is 22.4 Å². The summed E-state index contributed by atoms with van der Waals surface area (Å²) in [5, 5.41) is 2.16. The molecule has 2 aromatic rings. The van der Waals surface area contributed by atoms with E-state index in [0.717, 1.165) is 0 Å².